The van der Waals surface area contributed by atoms with Crippen molar-refractivity contribution in [1.29, 1.82) is 0 Å². The molecule has 2 saturated heterocycles. The number of fused-ring (bicyclic) bond motifs is 5. The summed E-state index contributed by atoms with van der Waals surface area (Å²) in [6, 6.07) is 14.4. The first-order valence-electron chi connectivity index (χ1n) is 12.2. The minimum atomic E-state index is -1.57. The summed E-state index contributed by atoms with van der Waals surface area (Å²) in [5.74, 6) is -0.311. The number of hydrogen-bond donors (Lipinski definition) is 0. The standard InChI is InChI=1S/C27H27N5O4/c1-29-24(34)27(25(35)30(2)26(29)36)16-19-22(28-21-10-6-7-12-32(21)23(19)33)31-13-11-18(15-20(27)31)14-17-8-4-3-5-9-17/h3-10,12,18,20H,11,13-16H2,1-2H3/t18-,20+/m1/s1. The van der Waals surface area contributed by atoms with Gasteiger partial charge in [-0.05, 0) is 42.9 Å². The van der Waals surface area contributed by atoms with Crippen LogP contribution in [-0.4, -0.2) is 63.7 Å². The van der Waals surface area contributed by atoms with E-state index in [2.05, 4.69) is 12.1 Å². The maximum Gasteiger partial charge on any atom is 0.332 e. The van der Waals surface area contributed by atoms with Crippen LogP contribution in [0.25, 0.3) is 5.65 Å². The Hall–Kier alpha value is -4.01. The number of imide groups is 2. The Morgan fingerprint density at radius 3 is 2.36 bits per heavy atom. The second-order valence-corrected chi connectivity index (χ2v) is 10.1. The molecule has 0 N–H and O–H groups in total. The van der Waals surface area contributed by atoms with E-state index in [0.29, 0.717) is 30.0 Å². The highest BCUT2D eigenvalue weighted by Gasteiger charge is 2.64. The first-order valence-corrected chi connectivity index (χ1v) is 12.2. The highest BCUT2D eigenvalue weighted by molar-refractivity contribution is 6.20. The van der Waals surface area contributed by atoms with Crippen molar-refractivity contribution in [2.24, 2.45) is 11.3 Å². The minimum Gasteiger partial charge on any atom is -0.352 e. The van der Waals surface area contributed by atoms with E-state index in [1.54, 1.807) is 18.3 Å². The Morgan fingerprint density at radius 2 is 1.64 bits per heavy atom. The van der Waals surface area contributed by atoms with Gasteiger partial charge in [0.25, 0.3) is 5.56 Å². The monoisotopic (exact) mass is 485 g/mol. The number of nitrogens with zero attached hydrogens (tertiary/aromatic N) is 5. The van der Waals surface area contributed by atoms with Gasteiger partial charge in [0.15, 0.2) is 5.41 Å². The second-order valence-electron chi connectivity index (χ2n) is 10.1. The molecule has 4 amide bonds. The zero-order valence-electron chi connectivity index (χ0n) is 20.3. The molecule has 6 rings (SSSR count). The number of amides is 4. The van der Waals surface area contributed by atoms with Gasteiger partial charge in [0.1, 0.15) is 11.5 Å². The molecule has 3 aliphatic heterocycles. The molecule has 184 valence electrons. The fraction of sp³-hybridized carbons (Fsp3) is 0.370. The molecular formula is C27H27N5O4. The van der Waals surface area contributed by atoms with E-state index in [1.165, 1.54) is 24.1 Å². The van der Waals surface area contributed by atoms with Gasteiger partial charge in [-0.25, -0.2) is 9.78 Å². The third-order valence-electron chi connectivity index (χ3n) is 8.13. The lowest BCUT2D eigenvalue weighted by Gasteiger charge is -2.55. The number of rotatable bonds is 2. The summed E-state index contributed by atoms with van der Waals surface area (Å²) < 4.78 is 1.45. The number of piperidine rings is 1. The van der Waals surface area contributed by atoms with Gasteiger partial charge in [-0.2, -0.15) is 0 Å². The van der Waals surface area contributed by atoms with Gasteiger partial charge in [-0.3, -0.25) is 28.6 Å². The minimum absolute atomic E-state index is 0.0785. The van der Waals surface area contributed by atoms with Crippen molar-refractivity contribution >= 4 is 29.3 Å². The molecular weight excluding hydrogens is 458 g/mol. The summed E-state index contributed by atoms with van der Waals surface area (Å²) in [7, 11) is 2.82. The number of barbiturate groups is 1. The fourth-order valence-electron chi connectivity index (χ4n) is 6.32. The molecule has 0 unspecified atom stereocenters. The number of carbonyl (C=O) groups is 3. The average Bonchev–Trinajstić information content (AvgIpc) is 2.91. The number of anilines is 1. The molecule has 9 nitrogen and oxygen atoms in total. The van der Waals surface area contributed by atoms with Crippen LogP contribution in [0, 0.1) is 11.3 Å². The maximum atomic E-state index is 13.9. The number of aromatic nitrogens is 2. The van der Waals surface area contributed by atoms with Crippen molar-refractivity contribution in [1.82, 2.24) is 19.2 Å². The summed E-state index contributed by atoms with van der Waals surface area (Å²) in [4.78, 5) is 62.9. The first-order chi connectivity index (χ1) is 17.3. The number of urea groups is 1. The van der Waals surface area contributed by atoms with E-state index >= 15 is 0 Å². The van der Waals surface area contributed by atoms with E-state index in [9.17, 15) is 19.2 Å². The zero-order chi connectivity index (χ0) is 25.2. The van der Waals surface area contributed by atoms with Crippen LogP contribution in [0.4, 0.5) is 10.6 Å². The molecule has 2 atom stereocenters. The van der Waals surface area contributed by atoms with Crippen LogP contribution in [0.15, 0.2) is 59.5 Å². The SMILES string of the molecule is CN1C(=O)N(C)C(=O)C2(Cc3c(nc4ccccn4c3=O)N3CC[C@H](Cc4ccccc4)C[C@H]32)C1=O. The molecule has 2 aromatic heterocycles. The number of benzene rings is 1. The number of hydrogen-bond acceptors (Lipinski definition) is 6. The van der Waals surface area contributed by atoms with Crippen LogP contribution in [0.5, 0.6) is 0 Å². The number of carbonyl (C=O) groups excluding carboxylic acids is 3. The second kappa shape index (κ2) is 8.01. The molecule has 5 heterocycles. The van der Waals surface area contributed by atoms with Crippen LogP contribution in [0.1, 0.15) is 24.0 Å². The van der Waals surface area contributed by atoms with Crippen molar-refractivity contribution in [2.45, 2.75) is 31.7 Å². The molecule has 36 heavy (non-hydrogen) atoms. The molecule has 2 fully saturated rings. The van der Waals surface area contributed by atoms with Gasteiger partial charge < -0.3 is 4.90 Å². The lowest BCUT2D eigenvalue weighted by Crippen LogP contribution is -2.73. The van der Waals surface area contributed by atoms with Gasteiger partial charge in [0.05, 0.1) is 11.6 Å². The van der Waals surface area contributed by atoms with Crippen molar-refractivity contribution in [2.75, 3.05) is 25.5 Å². The summed E-state index contributed by atoms with van der Waals surface area (Å²) in [6.07, 6.45) is 3.81. The quantitative estimate of drug-likeness (QED) is 0.516. The van der Waals surface area contributed by atoms with Crippen LogP contribution >= 0.6 is 0 Å². The normalized spacial score (nSPS) is 23.3. The van der Waals surface area contributed by atoms with Crippen LogP contribution < -0.4 is 10.5 Å². The van der Waals surface area contributed by atoms with E-state index in [-0.39, 0.29) is 17.9 Å². The lowest BCUT2D eigenvalue weighted by atomic mass is 9.64. The molecule has 0 bridgehead atoms. The van der Waals surface area contributed by atoms with Gasteiger partial charge >= 0.3 is 6.03 Å². The van der Waals surface area contributed by atoms with Gasteiger partial charge in [0.2, 0.25) is 11.8 Å². The predicted molar refractivity (Wildman–Crippen MR) is 133 cm³/mol. The van der Waals surface area contributed by atoms with E-state index in [4.69, 9.17) is 4.98 Å². The molecule has 3 aromatic rings. The smallest absolute Gasteiger partial charge is 0.332 e. The lowest BCUT2D eigenvalue weighted by molar-refractivity contribution is -0.160. The van der Waals surface area contributed by atoms with Crippen molar-refractivity contribution < 1.29 is 14.4 Å². The van der Waals surface area contributed by atoms with E-state index < -0.39 is 29.3 Å². The Morgan fingerprint density at radius 1 is 0.944 bits per heavy atom. The molecule has 1 spiro atoms. The molecule has 3 aliphatic rings. The molecule has 0 radical (unpaired) electrons. The largest absolute Gasteiger partial charge is 0.352 e. The Bertz CT molecular complexity index is 1440. The Kier molecular flexibility index (Phi) is 5.00. The summed E-state index contributed by atoms with van der Waals surface area (Å²) in [5, 5.41) is 0. The predicted octanol–water partition coefficient (Wildman–Crippen LogP) is 2.12. The Balaban J connectivity index is 1.52. The van der Waals surface area contributed by atoms with Gasteiger partial charge in [0, 0.05) is 33.3 Å². The molecule has 0 saturated carbocycles. The third-order valence-corrected chi connectivity index (χ3v) is 8.13. The third kappa shape index (κ3) is 3.04. The topological polar surface area (TPSA) is 95.3 Å². The van der Waals surface area contributed by atoms with Crippen LogP contribution in [-0.2, 0) is 22.4 Å². The Labute approximate surface area is 207 Å². The highest BCUT2D eigenvalue weighted by atomic mass is 16.2. The van der Waals surface area contributed by atoms with Gasteiger partial charge in [-0.15, -0.1) is 0 Å². The van der Waals surface area contributed by atoms with Gasteiger partial charge in [-0.1, -0.05) is 36.4 Å². The van der Waals surface area contributed by atoms with Crippen molar-refractivity contribution in [3.63, 3.8) is 0 Å². The molecule has 9 heteroatoms. The molecule has 0 aliphatic carbocycles. The van der Waals surface area contributed by atoms with E-state index in [1.807, 2.05) is 29.2 Å². The first kappa shape index (κ1) is 22.5. The zero-order valence-corrected chi connectivity index (χ0v) is 20.3. The highest BCUT2D eigenvalue weighted by Crippen LogP contribution is 2.48. The molecule has 1 aromatic carbocycles. The average molecular weight is 486 g/mol. The summed E-state index contributed by atoms with van der Waals surface area (Å²) in [6.45, 7) is 0.564. The van der Waals surface area contributed by atoms with Crippen LogP contribution in [0.2, 0.25) is 0 Å². The summed E-state index contributed by atoms with van der Waals surface area (Å²) in [5.41, 5.74) is 0.211. The maximum absolute atomic E-state index is 13.9. The summed E-state index contributed by atoms with van der Waals surface area (Å²) >= 11 is 0. The number of pyridine rings is 1. The van der Waals surface area contributed by atoms with Crippen molar-refractivity contribution in [3.8, 4) is 0 Å². The van der Waals surface area contributed by atoms with E-state index in [0.717, 1.165) is 22.6 Å². The van der Waals surface area contributed by atoms with Crippen molar-refractivity contribution in [3.05, 3.63) is 76.2 Å². The fourth-order valence-corrected chi connectivity index (χ4v) is 6.32. The van der Waals surface area contributed by atoms with Crippen LogP contribution in [0.3, 0.4) is 0 Å².